The first-order valence-electron chi connectivity index (χ1n) is 5.93. The Kier molecular flexibility index (Phi) is 5.08. The molecule has 7 nitrogen and oxygen atoms in total. The van der Waals surface area contributed by atoms with E-state index in [1.807, 2.05) is 0 Å². The van der Waals surface area contributed by atoms with Crippen LogP contribution in [0.2, 0.25) is 0 Å². The topological polar surface area (TPSA) is 87.7 Å². The van der Waals surface area contributed by atoms with Gasteiger partial charge in [0, 0.05) is 6.61 Å². The van der Waals surface area contributed by atoms with Crippen molar-refractivity contribution >= 4 is 17.8 Å². The molecule has 0 bridgehead atoms. The molecule has 0 aromatic carbocycles. The monoisotopic (exact) mass is 257 g/mol. The average Bonchev–Trinajstić information content (AvgIpc) is 2.56. The smallest absolute Gasteiger partial charge is 0.343 e. The van der Waals surface area contributed by atoms with Crippen LogP contribution in [0.3, 0.4) is 0 Å². The summed E-state index contributed by atoms with van der Waals surface area (Å²) in [5.41, 5.74) is 2.33. The molecule has 4 amide bonds. The molecule has 102 valence electrons. The predicted octanol–water partition coefficient (Wildman–Crippen LogP) is 0.0206. The van der Waals surface area contributed by atoms with E-state index in [1.165, 1.54) is 0 Å². The highest BCUT2D eigenvalue weighted by Gasteiger charge is 2.29. The van der Waals surface area contributed by atoms with E-state index in [1.54, 1.807) is 6.92 Å². The van der Waals surface area contributed by atoms with Crippen LogP contribution < -0.4 is 10.7 Å². The van der Waals surface area contributed by atoms with E-state index in [4.69, 9.17) is 4.74 Å². The van der Waals surface area contributed by atoms with Crippen molar-refractivity contribution in [1.29, 1.82) is 0 Å². The molecule has 1 aliphatic heterocycles. The highest BCUT2D eigenvalue weighted by atomic mass is 16.5. The lowest BCUT2D eigenvalue weighted by Crippen LogP contribution is -2.48. The Balaban J connectivity index is 2.31. The first-order valence-corrected chi connectivity index (χ1v) is 5.93. The predicted molar refractivity (Wildman–Crippen MR) is 63.3 cm³/mol. The first-order chi connectivity index (χ1) is 8.40. The number of nitrogens with one attached hydrogen (secondary N) is 2. The Morgan fingerprint density at radius 3 is 2.61 bits per heavy atom. The average molecular weight is 257 g/mol. The Hall–Kier alpha value is -1.63. The standard InChI is InChI=1S/C11H19N3O4/c1-7(2)4-5-18-8(3)10(16)13-14-6-9(15)12-11(14)17/h7-8H,4-6H2,1-3H3,(H,13,16)(H,12,15,17). The van der Waals surface area contributed by atoms with Gasteiger partial charge < -0.3 is 4.74 Å². The zero-order chi connectivity index (χ0) is 13.7. The fourth-order valence-electron chi connectivity index (χ4n) is 1.31. The zero-order valence-electron chi connectivity index (χ0n) is 10.9. The number of rotatable bonds is 6. The van der Waals surface area contributed by atoms with Crippen molar-refractivity contribution in [2.24, 2.45) is 5.92 Å². The van der Waals surface area contributed by atoms with E-state index in [2.05, 4.69) is 24.6 Å². The largest absolute Gasteiger partial charge is 0.369 e. The molecule has 1 atom stereocenters. The molecule has 1 unspecified atom stereocenters. The lowest BCUT2D eigenvalue weighted by Gasteiger charge is -2.18. The maximum Gasteiger partial charge on any atom is 0.343 e. The molecular weight excluding hydrogens is 238 g/mol. The molecule has 0 aromatic heterocycles. The quantitative estimate of drug-likeness (QED) is 0.657. The zero-order valence-corrected chi connectivity index (χ0v) is 10.9. The summed E-state index contributed by atoms with van der Waals surface area (Å²) in [5, 5.41) is 3.00. The molecule has 18 heavy (non-hydrogen) atoms. The van der Waals surface area contributed by atoms with Crippen LogP contribution in [-0.2, 0) is 14.3 Å². The molecule has 0 radical (unpaired) electrons. The van der Waals surface area contributed by atoms with Gasteiger partial charge in [0.25, 0.3) is 5.91 Å². The van der Waals surface area contributed by atoms with E-state index in [-0.39, 0.29) is 6.54 Å². The third-order valence-corrected chi connectivity index (χ3v) is 2.47. The van der Waals surface area contributed by atoms with Gasteiger partial charge in [-0.3, -0.25) is 20.3 Å². The van der Waals surface area contributed by atoms with Crippen LogP contribution in [0.1, 0.15) is 27.2 Å². The van der Waals surface area contributed by atoms with E-state index >= 15 is 0 Å². The molecule has 0 aliphatic carbocycles. The van der Waals surface area contributed by atoms with Crippen molar-refractivity contribution < 1.29 is 19.1 Å². The number of imide groups is 1. The summed E-state index contributed by atoms with van der Waals surface area (Å²) < 4.78 is 5.33. The minimum Gasteiger partial charge on any atom is -0.369 e. The molecule has 1 rings (SSSR count). The normalized spacial score (nSPS) is 17.0. The van der Waals surface area contributed by atoms with Gasteiger partial charge in [-0.2, -0.15) is 0 Å². The molecule has 7 heteroatoms. The van der Waals surface area contributed by atoms with E-state index < -0.39 is 23.9 Å². The molecular formula is C11H19N3O4. The summed E-state index contributed by atoms with van der Waals surface area (Å²) in [4.78, 5) is 33.7. The molecule has 1 saturated heterocycles. The highest BCUT2D eigenvalue weighted by Crippen LogP contribution is 2.02. The summed E-state index contributed by atoms with van der Waals surface area (Å²) in [6.45, 7) is 6.05. The number of carbonyl (C=O) groups excluding carboxylic acids is 3. The number of hydrogen-bond donors (Lipinski definition) is 2. The molecule has 2 N–H and O–H groups in total. The lowest BCUT2D eigenvalue weighted by molar-refractivity contribution is -0.135. The molecule has 1 heterocycles. The third kappa shape index (κ3) is 4.33. The van der Waals surface area contributed by atoms with Crippen molar-refractivity contribution in [2.75, 3.05) is 13.2 Å². The van der Waals surface area contributed by atoms with Crippen LogP contribution in [0, 0.1) is 5.92 Å². The summed E-state index contributed by atoms with van der Waals surface area (Å²) in [6.07, 6.45) is 0.201. The Bertz CT molecular complexity index is 343. The van der Waals surface area contributed by atoms with Gasteiger partial charge in [0.05, 0.1) is 0 Å². The van der Waals surface area contributed by atoms with Crippen LogP contribution in [0.15, 0.2) is 0 Å². The second kappa shape index (κ2) is 6.34. The maximum atomic E-state index is 11.7. The molecule has 0 spiro atoms. The summed E-state index contributed by atoms with van der Waals surface area (Å²) >= 11 is 0. The number of carbonyl (C=O) groups is 3. The first kappa shape index (κ1) is 14.4. The van der Waals surface area contributed by atoms with E-state index in [0.29, 0.717) is 12.5 Å². The number of amides is 4. The number of nitrogens with zero attached hydrogens (tertiary/aromatic N) is 1. The summed E-state index contributed by atoms with van der Waals surface area (Å²) in [7, 11) is 0. The minimum absolute atomic E-state index is 0.163. The van der Waals surface area contributed by atoms with Gasteiger partial charge in [0.2, 0.25) is 5.91 Å². The Morgan fingerprint density at radius 1 is 1.44 bits per heavy atom. The van der Waals surface area contributed by atoms with Crippen molar-refractivity contribution in [3.8, 4) is 0 Å². The molecule has 0 saturated carbocycles. The summed E-state index contributed by atoms with van der Waals surface area (Å²) in [5.74, 6) is -0.375. The van der Waals surface area contributed by atoms with Gasteiger partial charge in [-0.1, -0.05) is 13.8 Å². The number of hydrogen-bond acceptors (Lipinski definition) is 4. The van der Waals surface area contributed by atoms with E-state index in [0.717, 1.165) is 11.4 Å². The van der Waals surface area contributed by atoms with Gasteiger partial charge in [-0.25, -0.2) is 9.80 Å². The maximum absolute atomic E-state index is 11.7. The van der Waals surface area contributed by atoms with Crippen LogP contribution in [0.4, 0.5) is 4.79 Å². The van der Waals surface area contributed by atoms with Crippen molar-refractivity contribution in [1.82, 2.24) is 15.8 Å². The highest BCUT2D eigenvalue weighted by molar-refractivity contribution is 6.02. The molecule has 1 aliphatic rings. The van der Waals surface area contributed by atoms with Crippen LogP contribution >= 0.6 is 0 Å². The third-order valence-electron chi connectivity index (χ3n) is 2.47. The van der Waals surface area contributed by atoms with Crippen LogP contribution in [0.25, 0.3) is 0 Å². The van der Waals surface area contributed by atoms with Gasteiger partial charge in [-0.15, -0.1) is 0 Å². The van der Waals surface area contributed by atoms with Gasteiger partial charge in [0.1, 0.15) is 12.6 Å². The number of hydrazine groups is 1. The van der Waals surface area contributed by atoms with Gasteiger partial charge in [-0.05, 0) is 19.3 Å². The second-order valence-corrected chi connectivity index (χ2v) is 4.61. The minimum atomic E-state index is -0.660. The van der Waals surface area contributed by atoms with E-state index in [9.17, 15) is 14.4 Å². The van der Waals surface area contributed by atoms with Crippen molar-refractivity contribution in [2.45, 2.75) is 33.3 Å². The fourth-order valence-corrected chi connectivity index (χ4v) is 1.31. The fraction of sp³-hybridized carbons (Fsp3) is 0.727. The SMILES string of the molecule is CC(C)CCOC(C)C(=O)NN1CC(=O)NC1=O. The van der Waals surface area contributed by atoms with Gasteiger partial charge in [0.15, 0.2) is 0 Å². The van der Waals surface area contributed by atoms with Gasteiger partial charge >= 0.3 is 6.03 Å². The summed E-state index contributed by atoms with van der Waals surface area (Å²) in [6, 6.07) is -0.622. The van der Waals surface area contributed by atoms with Crippen molar-refractivity contribution in [3.05, 3.63) is 0 Å². The Morgan fingerprint density at radius 2 is 2.11 bits per heavy atom. The Labute approximate surface area is 106 Å². The van der Waals surface area contributed by atoms with Crippen molar-refractivity contribution in [3.63, 3.8) is 0 Å². The number of urea groups is 1. The van der Waals surface area contributed by atoms with Crippen LogP contribution in [0.5, 0.6) is 0 Å². The number of ether oxygens (including phenoxy) is 1. The molecule has 1 fully saturated rings. The van der Waals surface area contributed by atoms with Crippen LogP contribution in [-0.4, -0.2) is 42.1 Å². The molecule has 0 aromatic rings. The lowest BCUT2D eigenvalue weighted by atomic mass is 10.1. The second-order valence-electron chi connectivity index (χ2n) is 4.61.